The van der Waals surface area contributed by atoms with Gasteiger partial charge in [-0.3, -0.25) is 18.8 Å². The molecule has 1 fully saturated rings. The van der Waals surface area contributed by atoms with Crippen LogP contribution in [0.5, 0.6) is 0 Å². The lowest BCUT2D eigenvalue weighted by atomic mass is 10.2. The van der Waals surface area contributed by atoms with E-state index in [9.17, 15) is 14.4 Å². The van der Waals surface area contributed by atoms with Gasteiger partial charge in [0, 0.05) is 45.5 Å². The van der Waals surface area contributed by atoms with Gasteiger partial charge in [0.15, 0.2) is 5.69 Å². The lowest BCUT2D eigenvalue weighted by Crippen LogP contribution is -2.48. The summed E-state index contributed by atoms with van der Waals surface area (Å²) in [6, 6.07) is 5.43. The lowest BCUT2D eigenvalue weighted by molar-refractivity contribution is -0.119. The number of rotatable bonds is 5. The van der Waals surface area contributed by atoms with E-state index in [4.69, 9.17) is 0 Å². The molecular weight excluding hydrogens is 334 g/mol. The average Bonchev–Trinajstić information content (AvgIpc) is 3.08. The molecular formula is C18H23N5O3. The summed E-state index contributed by atoms with van der Waals surface area (Å²) in [5, 5.41) is 0. The molecule has 1 saturated heterocycles. The van der Waals surface area contributed by atoms with Crippen molar-refractivity contribution < 1.29 is 14.4 Å². The maximum atomic E-state index is 13.0. The van der Waals surface area contributed by atoms with E-state index in [1.54, 1.807) is 31.4 Å². The summed E-state index contributed by atoms with van der Waals surface area (Å²) in [5.41, 5.74) is 0.895. The van der Waals surface area contributed by atoms with Crippen molar-refractivity contribution in [3.63, 3.8) is 0 Å². The van der Waals surface area contributed by atoms with E-state index < -0.39 is 0 Å². The Balaban J connectivity index is 1.95. The number of fused-ring (bicyclic) bond motifs is 1. The fourth-order valence-electron chi connectivity index (χ4n) is 3.18. The summed E-state index contributed by atoms with van der Waals surface area (Å²) in [6.45, 7) is 6.91. The van der Waals surface area contributed by atoms with E-state index in [1.165, 1.54) is 0 Å². The zero-order valence-corrected chi connectivity index (χ0v) is 15.1. The van der Waals surface area contributed by atoms with Crippen LogP contribution in [0.15, 0.2) is 24.4 Å². The summed E-state index contributed by atoms with van der Waals surface area (Å²) in [5.74, 6) is -0.155. The molecule has 8 nitrogen and oxygen atoms in total. The van der Waals surface area contributed by atoms with Crippen LogP contribution in [0.3, 0.4) is 0 Å². The molecule has 26 heavy (non-hydrogen) atoms. The van der Waals surface area contributed by atoms with Gasteiger partial charge in [-0.15, -0.1) is 0 Å². The molecule has 0 spiro atoms. The van der Waals surface area contributed by atoms with Crippen LogP contribution in [-0.4, -0.2) is 81.6 Å². The van der Waals surface area contributed by atoms with E-state index in [0.717, 1.165) is 6.41 Å². The van der Waals surface area contributed by atoms with Gasteiger partial charge in [0.25, 0.3) is 11.8 Å². The highest BCUT2D eigenvalue weighted by atomic mass is 16.2. The van der Waals surface area contributed by atoms with E-state index in [2.05, 4.69) is 4.98 Å². The van der Waals surface area contributed by atoms with E-state index in [-0.39, 0.29) is 23.3 Å². The summed E-state index contributed by atoms with van der Waals surface area (Å²) < 4.78 is 1.68. The third-order valence-electron chi connectivity index (χ3n) is 4.74. The number of nitrogens with zero attached hydrogens (tertiary/aromatic N) is 5. The Kier molecular flexibility index (Phi) is 5.20. The highest BCUT2D eigenvalue weighted by molar-refractivity contribution is 6.02. The van der Waals surface area contributed by atoms with Crippen molar-refractivity contribution in [2.45, 2.75) is 13.8 Å². The molecule has 3 rings (SSSR count). The van der Waals surface area contributed by atoms with Crippen LogP contribution in [0.4, 0.5) is 0 Å². The van der Waals surface area contributed by atoms with Crippen LogP contribution < -0.4 is 0 Å². The molecule has 1 aliphatic rings. The Morgan fingerprint density at radius 2 is 1.85 bits per heavy atom. The maximum Gasteiger partial charge on any atom is 0.290 e. The largest absolute Gasteiger partial charge is 0.342 e. The Labute approximate surface area is 152 Å². The monoisotopic (exact) mass is 357 g/mol. The van der Waals surface area contributed by atoms with Crippen LogP contribution in [0.2, 0.25) is 0 Å². The molecule has 1 aliphatic heterocycles. The van der Waals surface area contributed by atoms with Gasteiger partial charge < -0.3 is 14.7 Å². The fourth-order valence-corrected chi connectivity index (χ4v) is 3.18. The van der Waals surface area contributed by atoms with Gasteiger partial charge in [0.2, 0.25) is 12.2 Å². The summed E-state index contributed by atoms with van der Waals surface area (Å²) >= 11 is 0. The third kappa shape index (κ3) is 3.14. The zero-order chi connectivity index (χ0) is 18.7. The average molecular weight is 357 g/mol. The molecule has 3 heterocycles. The van der Waals surface area contributed by atoms with Gasteiger partial charge in [0.1, 0.15) is 0 Å². The van der Waals surface area contributed by atoms with Gasteiger partial charge in [-0.1, -0.05) is 6.07 Å². The molecule has 0 radical (unpaired) electrons. The smallest absolute Gasteiger partial charge is 0.290 e. The Bertz CT molecular complexity index is 819. The molecule has 0 bridgehead atoms. The van der Waals surface area contributed by atoms with Crippen molar-refractivity contribution in [3.05, 3.63) is 35.9 Å². The minimum atomic E-state index is -0.210. The number of piperazine rings is 1. The van der Waals surface area contributed by atoms with Crippen LogP contribution >= 0.6 is 0 Å². The number of carbonyl (C=O) groups is 3. The normalized spacial score (nSPS) is 14.5. The minimum Gasteiger partial charge on any atom is -0.342 e. The van der Waals surface area contributed by atoms with Gasteiger partial charge >= 0.3 is 0 Å². The first-order valence-corrected chi connectivity index (χ1v) is 8.85. The first-order chi connectivity index (χ1) is 12.6. The Morgan fingerprint density at radius 1 is 1.15 bits per heavy atom. The summed E-state index contributed by atoms with van der Waals surface area (Å²) in [7, 11) is 0. The molecule has 0 saturated carbocycles. The molecule has 2 aromatic rings. The summed E-state index contributed by atoms with van der Waals surface area (Å²) in [4.78, 5) is 46.0. The second-order valence-electron chi connectivity index (χ2n) is 6.15. The zero-order valence-electron chi connectivity index (χ0n) is 15.1. The topological polar surface area (TPSA) is 78.2 Å². The summed E-state index contributed by atoms with van der Waals surface area (Å²) in [6.07, 6.45) is 2.55. The van der Waals surface area contributed by atoms with Crippen molar-refractivity contribution in [1.29, 1.82) is 0 Å². The minimum absolute atomic E-state index is 0.193. The standard InChI is InChI=1S/C18H23N5O3/c1-3-21(4-2)18(26)16-19-15(14-7-5-6-8-23(14)16)17(25)22-11-9-20(13-24)10-12-22/h5-8,13H,3-4,9-12H2,1-2H3. The second-order valence-corrected chi connectivity index (χ2v) is 6.15. The van der Waals surface area contributed by atoms with Crippen LogP contribution in [-0.2, 0) is 4.79 Å². The predicted molar refractivity (Wildman–Crippen MR) is 96.0 cm³/mol. The molecule has 0 unspecified atom stereocenters. The Hall–Kier alpha value is -2.90. The van der Waals surface area contributed by atoms with E-state index >= 15 is 0 Å². The van der Waals surface area contributed by atoms with Crippen molar-refractivity contribution in [2.75, 3.05) is 39.3 Å². The third-order valence-corrected chi connectivity index (χ3v) is 4.74. The second kappa shape index (κ2) is 7.55. The molecule has 0 aromatic carbocycles. The van der Waals surface area contributed by atoms with Crippen molar-refractivity contribution in [2.24, 2.45) is 0 Å². The molecule has 8 heteroatoms. The molecule has 2 aromatic heterocycles. The lowest BCUT2D eigenvalue weighted by Gasteiger charge is -2.32. The number of hydrogen-bond donors (Lipinski definition) is 0. The number of carbonyl (C=O) groups excluding carboxylic acids is 3. The number of pyridine rings is 1. The molecule has 0 atom stereocenters. The molecule has 0 N–H and O–H groups in total. The molecule has 0 aliphatic carbocycles. The van der Waals surface area contributed by atoms with Gasteiger partial charge in [0.05, 0.1) is 5.52 Å². The highest BCUT2D eigenvalue weighted by Crippen LogP contribution is 2.17. The van der Waals surface area contributed by atoms with Gasteiger partial charge in [-0.25, -0.2) is 4.98 Å². The van der Waals surface area contributed by atoms with Gasteiger partial charge in [-0.05, 0) is 26.0 Å². The van der Waals surface area contributed by atoms with Gasteiger partial charge in [-0.2, -0.15) is 0 Å². The number of imidazole rings is 1. The first kappa shape index (κ1) is 17.9. The predicted octanol–water partition coefficient (Wildman–Crippen LogP) is 0.730. The quantitative estimate of drug-likeness (QED) is 0.739. The number of hydrogen-bond acceptors (Lipinski definition) is 4. The SMILES string of the molecule is CCN(CC)C(=O)c1nc(C(=O)N2CCN(C=O)CC2)c2ccccn12. The fraction of sp³-hybridized carbons (Fsp3) is 0.444. The number of amides is 3. The van der Waals surface area contributed by atoms with Crippen LogP contribution in [0.1, 0.15) is 35.0 Å². The van der Waals surface area contributed by atoms with Crippen molar-refractivity contribution >= 4 is 23.7 Å². The van der Waals surface area contributed by atoms with Crippen LogP contribution in [0, 0.1) is 0 Å². The highest BCUT2D eigenvalue weighted by Gasteiger charge is 2.28. The van der Waals surface area contributed by atoms with Crippen LogP contribution in [0.25, 0.3) is 5.52 Å². The van der Waals surface area contributed by atoms with E-state index in [1.807, 2.05) is 26.0 Å². The first-order valence-electron chi connectivity index (χ1n) is 8.85. The van der Waals surface area contributed by atoms with Crippen molar-refractivity contribution in [1.82, 2.24) is 24.1 Å². The van der Waals surface area contributed by atoms with E-state index in [0.29, 0.717) is 44.8 Å². The Morgan fingerprint density at radius 3 is 2.46 bits per heavy atom. The number of aromatic nitrogens is 2. The molecule has 3 amide bonds. The van der Waals surface area contributed by atoms with Crippen molar-refractivity contribution in [3.8, 4) is 0 Å². The maximum absolute atomic E-state index is 13.0. The molecule has 138 valence electrons.